The minimum absolute atomic E-state index is 0.00743. The van der Waals surface area contributed by atoms with Gasteiger partial charge in [-0.2, -0.15) is 0 Å². The van der Waals surface area contributed by atoms with Crippen molar-refractivity contribution in [2.45, 2.75) is 76.5 Å². The lowest BCUT2D eigenvalue weighted by Gasteiger charge is -2.59. The number of oxime groups is 1. The van der Waals surface area contributed by atoms with E-state index >= 15 is 0 Å². The van der Waals surface area contributed by atoms with Crippen LogP contribution in [0.15, 0.2) is 71.9 Å². The second-order valence-electron chi connectivity index (χ2n) is 14.8. The largest absolute Gasteiger partial charge is 0.459 e. The first-order valence-electron chi connectivity index (χ1n) is 20.7. The Bertz CT molecular complexity index is 1820. The maximum absolute atomic E-state index is 14.6. The monoisotopic (exact) mass is 838 g/mol. The van der Waals surface area contributed by atoms with Crippen molar-refractivity contribution in [2.75, 3.05) is 59.3 Å². The highest BCUT2D eigenvalue weighted by atomic mass is 16.7. The van der Waals surface area contributed by atoms with E-state index in [0.29, 0.717) is 49.4 Å². The number of unbranched alkanes of at least 4 members (excludes halogenated alkanes) is 2. The fraction of sp³-hybridized carbons (Fsp3) is 0.558. The molecule has 60 heavy (non-hydrogen) atoms. The van der Waals surface area contributed by atoms with E-state index in [1.54, 1.807) is 25.1 Å². The summed E-state index contributed by atoms with van der Waals surface area (Å²) in [5.41, 5.74) is 1.95. The topological polar surface area (TPSA) is 221 Å². The fourth-order valence-electron chi connectivity index (χ4n) is 8.64. The summed E-state index contributed by atoms with van der Waals surface area (Å²) < 4.78 is 31.4. The molecule has 4 N–H and O–H groups in total. The minimum Gasteiger partial charge on any atom is -0.459 e. The maximum atomic E-state index is 14.6. The molecule has 0 unspecified atom stereocenters. The molecule has 1 saturated carbocycles. The number of fused-ring (bicyclic) bond motifs is 2. The first-order chi connectivity index (χ1) is 29.2. The molecular weight excluding hydrogens is 780 g/mol. The van der Waals surface area contributed by atoms with Crippen molar-refractivity contribution in [2.24, 2.45) is 22.9 Å². The molecule has 6 atom stereocenters. The third-order valence-electron chi connectivity index (χ3n) is 11.1. The van der Waals surface area contributed by atoms with Crippen LogP contribution in [0.4, 0.5) is 15.3 Å². The molecule has 0 saturated heterocycles. The van der Waals surface area contributed by atoms with Crippen LogP contribution >= 0.6 is 0 Å². The van der Waals surface area contributed by atoms with Gasteiger partial charge in [0.25, 0.3) is 5.69 Å². The number of nitro groups is 1. The van der Waals surface area contributed by atoms with Crippen molar-refractivity contribution in [3.63, 3.8) is 0 Å². The molecule has 0 aromatic heterocycles. The first kappa shape index (κ1) is 46.0. The van der Waals surface area contributed by atoms with Gasteiger partial charge in [0.2, 0.25) is 5.79 Å². The molecule has 2 aromatic carbocycles. The number of carbonyl (C=O) groups excluding carboxylic acids is 2. The Kier molecular flexibility index (Phi) is 17.3. The van der Waals surface area contributed by atoms with Gasteiger partial charge in [-0.3, -0.25) is 15.0 Å². The summed E-state index contributed by atoms with van der Waals surface area (Å²) >= 11 is 0. The molecule has 17 nitrogen and oxygen atoms in total. The van der Waals surface area contributed by atoms with Crippen molar-refractivity contribution in [1.29, 1.82) is 0 Å². The molecule has 17 heteroatoms. The molecule has 328 valence electrons. The van der Waals surface area contributed by atoms with Crippen LogP contribution in [0.1, 0.15) is 70.3 Å². The van der Waals surface area contributed by atoms with Gasteiger partial charge in [-0.05, 0) is 87.3 Å². The van der Waals surface area contributed by atoms with E-state index in [2.05, 4.69) is 23.1 Å². The molecule has 1 fully saturated rings. The quantitative estimate of drug-likeness (QED) is 0.0446. The van der Waals surface area contributed by atoms with Gasteiger partial charge in [-0.25, -0.2) is 9.59 Å². The predicted molar refractivity (Wildman–Crippen MR) is 220 cm³/mol. The zero-order valence-corrected chi connectivity index (χ0v) is 34.4. The number of hydrogen-bond donors (Lipinski definition) is 4. The van der Waals surface area contributed by atoms with Gasteiger partial charge in [-0.1, -0.05) is 30.1 Å². The second kappa shape index (κ2) is 22.5. The summed E-state index contributed by atoms with van der Waals surface area (Å²) in [6.07, 6.45) is 6.51. The summed E-state index contributed by atoms with van der Waals surface area (Å²) in [6, 6.07) is 9.36. The van der Waals surface area contributed by atoms with E-state index in [4.69, 9.17) is 28.5 Å². The summed E-state index contributed by atoms with van der Waals surface area (Å²) in [6.45, 7) is 7.98. The second-order valence-corrected chi connectivity index (χ2v) is 14.8. The van der Waals surface area contributed by atoms with E-state index in [1.165, 1.54) is 29.2 Å². The summed E-state index contributed by atoms with van der Waals surface area (Å²) in [4.78, 5) is 45.3. The van der Waals surface area contributed by atoms with Gasteiger partial charge < -0.3 is 49.2 Å². The van der Waals surface area contributed by atoms with Crippen molar-refractivity contribution in [3.8, 4) is 17.2 Å². The Hall–Kier alpha value is -5.07. The van der Waals surface area contributed by atoms with Crippen LogP contribution in [-0.4, -0.2) is 114 Å². The number of allylic oxidation sites excluding steroid dienone is 1. The fourth-order valence-corrected chi connectivity index (χ4v) is 8.64. The molecule has 1 aliphatic heterocycles. The molecule has 0 radical (unpaired) electrons. The number of aliphatic hydroxyl groups excluding tert-OH is 3. The number of nitro benzene ring substituents is 1. The van der Waals surface area contributed by atoms with E-state index < -0.39 is 34.9 Å². The zero-order valence-electron chi connectivity index (χ0n) is 34.4. The molecule has 0 bridgehead atoms. The predicted octanol–water partition coefficient (Wildman–Crippen LogP) is 5.87. The number of benzene rings is 2. The first-order valence-corrected chi connectivity index (χ1v) is 20.7. The molecule has 2 aliphatic carbocycles. The Morgan fingerprint density at radius 2 is 1.75 bits per heavy atom. The number of nitrogens with zero attached hydrogens (tertiary/aromatic N) is 3. The number of carbonyl (C=O) groups is 2. The lowest BCUT2D eigenvalue weighted by Crippen LogP contribution is -2.70. The van der Waals surface area contributed by atoms with E-state index in [0.717, 1.165) is 24.0 Å². The van der Waals surface area contributed by atoms with Crippen LogP contribution in [0.25, 0.3) is 0 Å². The van der Waals surface area contributed by atoms with Crippen LogP contribution < -0.4 is 19.5 Å². The molecule has 5 rings (SSSR count). The van der Waals surface area contributed by atoms with E-state index in [-0.39, 0.29) is 88.4 Å². The van der Waals surface area contributed by atoms with Gasteiger partial charge in [-0.15, -0.1) is 6.58 Å². The van der Waals surface area contributed by atoms with Crippen molar-refractivity contribution >= 4 is 23.6 Å². The lowest BCUT2D eigenvalue weighted by atomic mass is 9.55. The number of amides is 2. The minimum atomic E-state index is -1.62. The van der Waals surface area contributed by atoms with E-state index in [9.17, 15) is 35.0 Å². The van der Waals surface area contributed by atoms with Crippen LogP contribution in [0.3, 0.4) is 0 Å². The average molecular weight is 839 g/mol. The number of non-ortho nitro benzene ring substituents is 1. The molecule has 1 heterocycles. The Labute approximate surface area is 350 Å². The van der Waals surface area contributed by atoms with Crippen LogP contribution in [-0.2, 0) is 14.3 Å². The normalized spacial score (nSPS) is 23.3. The van der Waals surface area contributed by atoms with Crippen molar-refractivity contribution < 1.29 is 58.4 Å². The summed E-state index contributed by atoms with van der Waals surface area (Å²) in [5.74, 6) is -1.96. The van der Waals surface area contributed by atoms with Crippen molar-refractivity contribution in [1.82, 2.24) is 10.2 Å². The third kappa shape index (κ3) is 10.8. The molecule has 2 amide bonds. The molecule has 0 spiro atoms. The Morgan fingerprint density at radius 1 is 1.02 bits per heavy atom. The molecule has 2 aromatic rings. The van der Waals surface area contributed by atoms with Gasteiger partial charge >= 0.3 is 12.2 Å². The molecular formula is C43H58N4O13. The van der Waals surface area contributed by atoms with Gasteiger partial charge in [0, 0.05) is 56.3 Å². The molecule has 3 aliphatic rings. The van der Waals surface area contributed by atoms with Gasteiger partial charge in [0.1, 0.15) is 29.9 Å². The lowest BCUT2D eigenvalue weighted by molar-refractivity contribution is -0.384. The smallest absolute Gasteiger partial charge is 0.415 e. The van der Waals surface area contributed by atoms with Gasteiger partial charge in [0.15, 0.2) is 0 Å². The van der Waals surface area contributed by atoms with Crippen LogP contribution in [0.2, 0.25) is 0 Å². The number of aliphatic hydroxyl groups is 3. The average Bonchev–Trinajstić information content (AvgIpc) is 3.24. The Balaban J connectivity index is 1.75. The van der Waals surface area contributed by atoms with Crippen LogP contribution in [0.5, 0.6) is 17.2 Å². The number of ether oxygens (including phenoxy) is 5. The SMILES string of the molecule is C=CCO[C@@]12Oc3ccc(OC(=O)NCC)cc3[C@H]3[C@H](CCCCO)[C@@H](CCCCO)C=C(C(=NOCC)C[C@@H]1N(CCOCCO)C(=O)Oc1ccc([N+](=O)[O-])cc1)[C@H]32. The maximum Gasteiger partial charge on any atom is 0.415 e. The standard InChI is InChI=1S/C43H58N4O13/c1-4-23-56-43-38(46(19-24-55-25-22-50)42(52)59-31-15-13-30(14-16-31)47(53)54)28-36(45-57-6-3)34-26-29(11-7-9-20-48)33(12-8-10-21-49)39(40(34)43)35-27-32(17-18-37(35)60-43)58-41(51)44-5-2/h4,13-18,26-27,29,33,38-40,48-50H,1,5-12,19-25,28H2,2-3H3,(H,44,51)/t29-,33+,38-,39+,40+,43+/m0/s1. The number of rotatable bonds is 23. The summed E-state index contributed by atoms with van der Waals surface area (Å²) in [5, 5.41) is 47.9. The highest BCUT2D eigenvalue weighted by Gasteiger charge is 2.65. The highest BCUT2D eigenvalue weighted by Crippen LogP contribution is 2.62. The van der Waals surface area contributed by atoms with Crippen LogP contribution in [0, 0.1) is 27.9 Å². The van der Waals surface area contributed by atoms with Gasteiger partial charge in [0.05, 0.1) is 43.0 Å². The Morgan fingerprint density at radius 3 is 2.42 bits per heavy atom. The number of nitrogens with one attached hydrogen (secondary N) is 1. The highest BCUT2D eigenvalue weighted by molar-refractivity contribution is 6.03. The zero-order chi connectivity index (χ0) is 43.1. The van der Waals surface area contributed by atoms with Crippen molar-refractivity contribution in [3.05, 3.63) is 82.4 Å². The summed E-state index contributed by atoms with van der Waals surface area (Å²) in [7, 11) is 0. The number of hydrogen-bond acceptors (Lipinski definition) is 14. The van der Waals surface area contributed by atoms with E-state index in [1.807, 2.05) is 13.0 Å². The third-order valence-corrected chi connectivity index (χ3v) is 11.1.